The van der Waals surface area contributed by atoms with Gasteiger partial charge in [-0.2, -0.15) is 4.39 Å². The lowest BCUT2D eigenvalue weighted by Gasteiger charge is -2.05. The molecule has 1 aromatic carbocycles. The number of pyridine rings is 1. The van der Waals surface area contributed by atoms with E-state index in [1.54, 1.807) is 6.07 Å². The quantitative estimate of drug-likeness (QED) is 0.779. The van der Waals surface area contributed by atoms with Gasteiger partial charge in [0.25, 0.3) is 5.95 Å². The van der Waals surface area contributed by atoms with Gasteiger partial charge in [0.15, 0.2) is 5.75 Å². The molecule has 2 nitrogen and oxygen atoms in total. The summed E-state index contributed by atoms with van der Waals surface area (Å²) in [4.78, 5) is 3.77. The fraction of sp³-hybridized carbons (Fsp3) is 0.267. The summed E-state index contributed by atoms with van der Waals surface area (Å²) in [7, 11) is 0. The van der Waals surface area contributed by atoms with E-state index in [1.165, 1.54) is 17.2 Å². The fourth-order valence-electron chi connectivity index (χ4n) is 2.59. The average Bonchev–Trinajstić information content (AvgIpc) is 2.71. The van der Waals surface area contributed by atoms with Crippen LogP contribution in [0.2, 0.25) is 0 Å². The number of hydrogen-bond donors (Lipinski definition) is 1. The van der Waals surface area contributed by atoms with Crippen molar-refractivity contribution < 1.29 is 9.50 Å². The van der Waals surface area contributed by atoms with Gasteiger partial charge in [0, 0.05) is 5.56 Å². The summed E-state index contributed by atoms with van der Waals surface area (Å²) in [5.74, 6) is -0.547. The Morgan fingerprint density at radius 2 is 1.94 bits per heavy atom. The van der Waals surface area contributed by atoms with Gasteiger partial charge in [-0.05, 0) is 48.1 Å². The Bertz CT molecular complexity index is 609. The average molecular weight is 243 g/mol. The Balaban J connectivity index is 2.03. The molecule has 0 amide bonds. The smallest absolute Gasteiger partial charge is 0.255 e. The summed E-state index contributed by atoms with van der Waals surface area (Å²) in [6, 6.07) is 9.12. The maximum atomic E-state index is 13.2. The van der Waals surface area contributed by atoms with Crippen LogP contribution in [0.15, 0.2) is 30.3 Å². The van der Waals surface area contributed by atoms with Gasteiger partial charge in [0.1, 0.15) is 0 Å². The predicted octanol–water partition coefficient (Wildman–Crippen LogP) is 3.33. The van der Waals surface area contributed by atoms with E-state index in [-0.39, 0.29) is 0 Å². The van der Waals surface area contributed by atoms with Gasteiger partial charge >= 0.3 is 0 Å². The Hall–Kier alpha value is -1.90. The Kier molecular flexibility index (Phi) is 2.54. The monoisotopic (exact) mass is 243 g/mol. The number of benzene rings is 1. The number of nitrogens with zero attached hydrogens (tertiary/aromatic N) is 1. The third-order valence-electron chi connectivity index (χ3n) is 3.47. The van der Waals surface area contributed by atoms with Crippen molar-refractivity contribution in [1.82, 2.24) is 4.98 Å². The number of aromatic hydroxyl groups is 1. The number of rotatable bonds is 1. The first-order valence-corrected chi connectivity index (χ1v) is 6.11. The minimum Gasteiger partial charge on any atom is -0.504 e. The van der Waals surface area contributed by atoms with Gasteiger partial charge in [-0.1, -0.05) is 19.1 Å². The van der Waals surface area contributed by atoms with Crippen molar-refractivity contribution in [1.29, 1.82) is 0 Å². The van der Waals surface area contributed by atoms with E-state index in [4.69, 9.17) is 5.11 Å². The second-order valence-electron chi connectivity index (χ2n) is 5.00. The van der Waals surface area contributed by atoms with Crippen LogP contribution in [0.4, 0.5) is 4.39 Å². The second-order valence-corrected chi connectivity index (χ2v) is 5.00. The van der Waals surface area contributed by atoms with Crippen LogP contribution in [0, 0.1) is 11.9 Å². The highest BCUT2D eigenvalue weighted by molar-refractivity contribution is 5.62. The van der Waals surface area contributed by atoms with Gasteiger partial charge in [-0.3, -0.25) is 0 Å². The first-order valence-electron chi connectivity index (χ1n) is 6.11. The van der Waals surface area contributed by atoms with Crippen molar-refractivity contribution in [2.75, 3.05) is 0 Å². The molecule has 1 N–H and O–H groups in total. The standard InChI is InChI=1S/C15H14FNO/c1-9-6-10-2-3-11(8-12(10)7-9)13-4-5-14(18)15(16)17-13/h2-5,8-9,18H,6-7H2,1H3. The maximum Gasteiger partial charge on any atom is 0.255 e. The molecule has 18 heavy (non-hydrogen) atoms. The highest BCUT2D eigenvalue weighted by Gasteiger charge is 2.18. The first-order chi connectivity index (χ1) is 8.63. The lowest BCUT2D eigenvalue weighted by atomic mass is 10.0. The van der Waals surface area contributed by atoms with Crippen LogP contribution in [0.3, 0.4) is 0 Å². The second kappa shape index (κ2) is 4.09. The lowest BCUT2D eigenvalue weighted by molar-refractivity contribution is 0.419. The molecule has 3 rings (SSSR count). The molecule has 1 unspecified atom stereocenters. The van der Waals surface area contributed by atoms with Crippen LogP contribution >= 0.6 is 0 Å². The molecule has 0 radical (unpaired) electrons. The molecular formula is C15H14FNO. The van der Waals surface area contributed by atoms with Gasteiger partial charge in [0.2, 0.25) is 0 Å². The summed E-state index contributed by atoms with van der Waals surface area (Å²) in [6.45, 7) is 2.23. The van der Waals surface area contributed by atoms with Gasteiger partial charge in [-0.25, -0.2) is 4.98 Å². The summed E-state index contributed by atoms with van der Waals surface area (Å²) in [6.07, 6.45) is 2.19. The molecule has 1 atom stereocenters. The molecule has 0 saturated heterocycles. The van der Waals surface area contributed by atoms with Crippen molar-refractivity contribution in [2.45, 2.75) is 19.8 Å². The van der Waals surface area contributed by atoms with E-state index in [9.17, 15) is 4.39 Å². The normalized spacial score (nSPS) is 17.8. The van der Waals surface area contributed by atoms with Crippen LogP contribution in [-0.4, -0.2) is 10.1 Å². The maximum absolute atomic E-state index is 13.2. The van der Waals surface area contributed by atoms with Gasteiger partial charge in [0.05, 0.1) is 5.69 Å². The topological polar surface area (TPSA) is 33.1 Å². The minimum absolute atomic E-state index is 0.409. The Morgan fingerprint density at radius 3 is 2.72 bits per heavy atom. The molecule has 3 heteroatoms. The molecule has 0 aliphatic heterocycles. The van der Waals surface area contributed by atoms with E-state index in [0.717, 1.165) is 18.4 Å². The molecule has 0 saturated carbocycles. The molecule has 1 aliphatic carbocycles. The van der Waals surface area contributed by atoms with E-state index in [2.05, 4.69) is 24.0 Å². The van der Waals surface area contributed by atoms with Gasteiger partial charge < -0.3 is 5.11 Å². The molecule has 92 valence electrons. The molecule has 1 aromatic heterocycles. The third-order valence-corrected chi connectivity index (χ3v) is 3.47. The zero-order valence-corrected chi connectivity index (χ0v) is 10.2. The van der Waals surface area contributed by atoms with Crippen molar-refractivity contribution in [3.63, 3.8) is 0 Å². The highest BCUT2D eigenvalue weighted by atomic mass is 19.1. The molecule has 0 spiro atoms. The van der Waals surface area contributed by atoms with Crippen LogP contribution in [0.1, 0.15) is 18.1 Å². The largest absolute Gasteiger partial charge is 0.504 e. The predicted molar refractivity (Wildman–Crippen MR) is 67.9 cm³/mol. The van der Waals surface area contributed by atoms with Crippen molar-refractivity contribution in [3.05, 3.63) is 47.4 Å². The number of hydrogen-bond acceptors (Lipinski definition) is 2. The van der Waals surface area contributed by atoms with Crippen LogP contribution in [0.25, 0.3) is 11.3 Å². The SMILES string of the molecule is CC1Cc2ccc(-c3ccc(O)c(F)n3)cc2C1. The third kappa shape index (κ3) is 1.86. The number of aromatic nitrogens is 1. The molecule has 0 fully saturated rings. The highest BCUT2D eigenvalue weighted by Crippen LogP contribution is 2.30. The van der Waals surface area contributed by atoms with Crippen LogP contribution < -0.4 is 0 Å². The zero-order chi connectivity index (χ0) is 12.7. The Morgan fingerprint density at radius 1 is 1.17 bits per heavy atom. The minimum atomic E-state index is -0.818. The molecule has 0 bridgehead atoms. The molecular weight excluding hydrogens is 229 g/mol. The summed E-state index contributed by atoms with van der Waals surface area (Å²) >= 11 is 0. The van der Waals surface area contributed by atoms with Crippen molar-refractivity contribution in [2.24, 2.45) is 5.92 Å². The lowest BCUT2D eigenvalue weighted by Crippen LogP contribution is -1.90. The fourth-order valence-corrected chi connectivity index (χ4v) is 2.59. The first kappa shape index (κ1) is 11.2. The molecule has 2 aromatic rings. The van der Waals surface area contributed by atoms with Crippen LogP contribution in [0.5, 0.6) is 5.75 Å². The number of fused-ring (bicyclic) bond motifs is 1. The van der Waals surface area contributed by atoms with E-state index in [0.29, 0.717) is 11.6 Å². The van der Waals surface area contributed by atoms with E-state index < -0.39 is 11.7 Å². The van der Waals surface area contributed by atoms with Crippen molar-refractivity contribution in [3.8, 4) is 17.0 Å². The molecule has 1 heterocycles. The summed E-state index contributed by atoms with van der Waals surface area (Å²) < 4.78 is 13.2. The molecule has 1 aliphatic rings. The zero-order valence-electron chi connectivity index (χ0n) is 10.2. The number of halogens is 1. The summed E-state index contributed by atoms with van der Waals surface area (Å²) in [5, 5.41) is 9.14. The summed E-state index contributed by atoms with van der Waals surface area (Å²) in [5.41, 5.74) is 4.18. The van der Waals surface area contributed by atoms with Crippen molar-refractivity contribution >= 4 is 0 Å². The van der Waals surface area contributed by atoms with Crippen LogP contribution in [-0.2, 0) is 12.8 Å². The Labute approximate surface area is 105 Å². The van der Waals surface area contributed by atoms with Gasteiger partial charge in [-0.15, -0.1) is 0 Å². The van der Waals surface area contributed by atoms with E-state index >= 15 is 0 Å². The van der Waals surface area contributed by atoms with E-state index in [1.807, 2.05) is 6.07 Å².